The monoisotopic (exact) mass is 334 g/mol. The Morgan fingerprint density at radius 1 is 1.35 bits per heavy atom. The van der Waals surface area contributed by atoms with Gasteiger partial charge in [-0.05, 0) is 31.1 Å². The number of piperidine rings is 1. The van der Waals surface area contributed by atoms with Gasteiger partial charge < -0.3 is 10.2 Å². The summed E-state index contributed by atoms with van der Waals surface area (Å²) < 4.78 is 0. The number of amides is 2. The Labute approximate surface area is 143 Å². The van der Waals surface area contributed by atoms with E-state index in [1.165, 1.54) is 5.56 Å². The van der Waals surface area contributed by atoms with Gasteiger partial charge in [0.2, 0.25) is 11.8 Å². The van der Waals surface area contributed by atoms with Crippen molar-refractivity contribution in [3.63, 3.8) is 0 Å². The van der Waals surface area contributed by atoms with E-state index in [2.05, 4.69) is 17.4 Å². The molecule has 4 nitrogen and oxygen atoms in total. The van der Waals surface area contributed by atoms with Gasteiger partial charge in [-0.1, -0.05) is 30.3 Å². The highest BCUT2D eigenvalue weighted by Gasteiger charge is 2.29. The molecule has 1 atom stereocenters. The zero-order chi connectivity index (χ0) is 16.5. The van der Waals surface area contributed by atoms with E-state index in [9.17, 15) is 9.59 Å². The fourth-order valence-corrected chi connectivity index (χ4v) is 3.19. The molecule has 1 aromatic carbocycles. The number of nitrogens with zero attached hydrogens (tertiary/aromatic N) is 1. The first kappa shape index (κ1) is 17.9. The van der Waals surface area contributed by atoms with E-state index in [1.54, 1.807) is 11.8 Å². The molecule has 1 saturated heterocycles. The number of nitrogens with one attached hydrogen (secondary N) is 1. The van der Waals surface area contributed by atoms with E-state index in [0.29, 0.717) is 25.9 Å². The fraction of sp³-hybridized carbons (Fsp3) is 0.556. The number of carbonyl (C=O) groups excluding carboxylic acids is 2. The van der Waals surface area contributed by atoms with Crippen LogP contribution in [0.4, 0.5) is 0 Å². The van der Waals surface area contributed by atoms with Crippen molar-refractivity contribution in [2.45, 2.75) is 25.7 Å². The molecule has 0 aliphatic carbocycles. The molecule has 126 valence electrons. The van der Waals surface area contributed by atoms with Crippen LogP contribution in [0.3, 0.4) is 0 Å². The lowest BCUT2D eigenvalue weighted by molar-refractivity contribution is -0.138. The Bertz CT molecular complexity index is 507. The molecule has 2 amide bonds. The molecule has 1 aromatic rings. The number of aryl methyl sites for hydroxylation is 1. The first-order chi connectivity index (χ1) is 11.2. The van der Waals surface area contributed by atoms with E-state index >= 15 is 0 Å². The summed E-state index contributed by atoms with van der Waals surface area (Å²) in [5.41, 5.74) is 1.29. The molecule has 0 bridgehead atoms. The van der Waals surface area contributed by atoms with Crippen LogP contribution in [0.5, 0.6) is 0 Å². The summed E-state index contributed by atoms with van der Waals surface area (Å²) in [6.07, 6.45) is 5.11. The molecular formula is C18H26N2O2S. The Balaban J connectivity index is 1.76. The smallest absolute Gasteiger partial charge is 0.224 e. The standard InChI is InChI=1S/C18H26N2O2S/c1-23-13-11-19-18(22)16-9-10-17(21)20(14-16)12-5-8-15-6-3-2-4-7-15/h2-4,6-7,16H,5,8-14H2,1H3,(H,19,22). The number of hydrogen-bond acceptors (Lipinski definition) is 3. The van der Waals surface area contributed by atoms with Crippen LogP contribution < -0.4 is 5.32 Å². The minimum atomic E-state index is -0.0497. The van der Waals surface area contributed by atoms with Crippen molar-refractivity contribution < 1.29 is 9.59 Å². The Morgan fingerprint density at radius 3 is 2.87 bits per heavy atom. The Morgan fingerprint density at radius 2 is 2.13 bits per heavy atom. The van der Waals surface area contributed by atoms with Crippen LogP contribution in [0.2, 0.25) is 0 Å². The van der Waals surface area contributed by atoms with Crippen LogP contribution in [-0.4, -0.2) is 48.4 Å². The third-order valence-electron chi connectivity index (χ3n) is 4.21. The van der Waals surface area contributed by atoms with Crippen molar-refractivity contribution in [3.8, 4) is 0 Å². The molecule has 0 spiro atoms. The molecule has 1 fully saturated rings. The van der Waals surface area contributed by atoms with Crippen molar-refractivity contribution in [2.24, 2.45) is 5.92 Å². The van der Waals surface area contributed by atoms with E-state index in [1.807, 2.05) is 29.4 Å². The lowest BCUT2D eigenvalue weighted by Gasteiger charge is -2.32. The van der Waals surface area contributed by atoms with E-state index < -0.39 is 0 Å². The third kappa shape index (κ3) is 5.90. The number of benzene rings is 1. The second-order valence-corrected chi connectivity index (χ2v) is 6.93. The van der Waals surface area contributed by atoms with Gasteiger partial charge in [0.25, 0.3) is 0 Å². The maximum Gasteiger partial charge on any atom is 0.224 e. The second kappa shape index (κ2) is 9.60. The van der Waals surface area contributed by atoms with Crippen LogP contribution >= 0.6 is 11.8 Å². The molecule has 1 aliphatic heterocycles. The van der Waals surface area contributed by atoms with Crippen LogP contribution in [0.1, 0.15) is 24.8 Å². The number of likely N-dealkylation sites (tertiary alicyclic amines) is 1. The molecule has 1 N–H and O–H groups in total. The highest BCUT2D eigenvalue weighted by molar-refractivity contribution is 7.98. The summed E-state index contributed by atoms with van der Waals surface area (Å²) in [5, 5.41) is 2.97. The van der Waals surface area contributed by atoms with Crippen molar-refractivity contribution in [2.75, 3.05) is 31.6 Å². The SMILES string of the molecule is CSCCNC(=O)C1CCC(=O)N(CCCc2ccccc2)C1. The molecule has 0 radical (unpaired) electrons. The molecule has 1 unspecified atom stereocenters. The van der Waals surface area contributed by atoms with Crippen molar-refractivity contribution in [3.05, 3.63) is 35.9 Å². The maximum atomic E-state index is 12.2. The van der Waals surface area contributed by atoms with E-state index in [4.69, 9.17) is 0 Å². The highest BCUT2D eigenvalue weighted by Crippen LogP contribution is 2.18. The number of thioether (sulfide) groups is 1. The van der Waals surface area contributed by atoms with Crippen LogP contribution in [0.25, 0.3) is 0 Å². The second-order valence-electron chi connectivity index (χ2n) is 5.95. The predicted octanol–water partition coefficient (Wildman–Crippen LogP) is 2.34. The number of hydrogen-bond donors (Lipinski definition) is 1. The minimum Gasteiger partial charge on any atom is -0.355 e. The van der Waals surface area contributed by atoms with E-state index in [0.717, 1.165) is 25.1 Å². The van der Waals surface area contributed by atoms with Gasteiger partial charge in [0.15, 0.2) is 0 Å². The molecule has 23 heavy (non-hydrogen) atoms. The van der Waals surface area contributed by atoms with Gasteiger partial charge in [-0.2, -0.15) is 11.8 Å². The minimum absolute atomic E-state index is 0.0497. The lowest BCUT2D eigenvalue weighted by Crippen LogP contribution is -2.46. The zero-order valence-corrected chi connectivity index (χ0v) is 14.6. The summed E-state index contributed by atoms with van der Waals surface area (Å²) >= 11 is 1.72. The van der Waals surface area contributed by atoms with Gasteiger partial charge >= 0.3 is 0 Å². The van der Waals surface area contributed by atoms with Gasteiger partial charge in [-0.25, -0.2) is 0 Å². The first-order valence-electron chi connectivity index (χ1n) is 8.29. The average Bonchev–Trinajstić information content (AvgIpc) is 2.57. The molecule has 1 aliphatic rings. The Hall–Kier alpha value is -1.49. The van der Waals surface area contributed by atoms with Gasteiger partial charge in [0.1, 0.15) is 0 Å². The average molecular weight is 334 g/mol. The summed E-state index contributed by atoms with van der Waals surface area (Å²) in [5.74, 6) is 1.16. The van der Waals surface area contributed by atoms with Crippen LogP contribution in [0.15, 0.2) is 30.3 Å². The van der Waals surface area contributed by atoms with Crippen LogP contribution in [0, 0.1) is 5.92 Å². The molecule has 5 heteroatoms. The first-order valence-corrected chi connectivity index (χ1v) is 9.68. The van der Waals surface area contributed by atoms with Gasteiger partial charge in [-0.15, -0.1) is 0 Å². The predicted molar refractivity (Wildman–Crippen MR) is 95.5 cm³/mol. The maximum absolute atomic E-state index is 12.2. The summed E-state index contributed by atoms with van der Waals surface area (Å²) in [6, 6.07) is 10.3. The summed E-state index contributed by atoms with van der Waals surface area (Å²) in [7, 11) is 0. The molecule has 0 aromatic heterocycles. The molecule has 0 saturated carbocycles. The molecule has 1 heterocycles. The molecule has 2 rings (SSSR count). The van der Waals surface area contributed by atoms with Crippen molar-refractivity contribution >= 4 is 23.6 Å². The van der Waals surface area contributed by atoms with E-state index in [-0.39, 0.29) is 17.7 Å². The quantitative estimate of drug-likeness (QED) is 0.743. The fourth-order valence-electron chi connectivity index (χ4n) is 2.88. The summed E-state index contributed by atoms with van der Waals surface area (Å²) in [4.78, 5) is 26.1. The highest BCUT2D eigenvalue weighted by atomic mass is 32.2. The topological polar surface area (TPSA) is 49.4 Å². The number of rotatable bonds is 8. The summed E-state index contributed by atoms with van der Waals surface area (Å²) in [6.45, 7) is 2.01. The Kier molecular flexibility index (Phi) is 7.46. The molecular weight excluding hydrogens is 308 g/mol. The van der Waals surface area contributed by atoms with Gasteiger partial charge in [0, 0.05) is 31.8 Å². The number of carbonyl (C=O) groups is 2. The largest absolute Gasteiger partial charge is 0.355 e. The van der Waals surface area contributed by atoms with Crippen molar-refractivity contribution in [1.82, 2.24) is 10.2 Å². The van der Waals surface area contributed by atoms with Gasteiger partial charge in [-0.3, -0.25) is 9.59 Å². The normalized spacial score (nSPS) is 18.0. The van der Waals surface area contributed by atoms with Crippen LogP contribution in [-0.2, 0) is 16.0 Å². The third-order valence-corrected chi connectivity index (χ3v) is 4.83. The van der Waals surface area contributed by atoms with Gasteiger partial charge in [0.05, 0.1) is 5.92 Å². The zero-order valence-electron chi connectivity index (χ0n) is 13.8. The van der Waals surface area contributed by atoms with Crippen molar-refractivity contribution in [1.29, 1.82) is 0 Å². The lowest BCUT2D eigenvalue weighted by atomic mass is 9.96.